The summed E-state index contributed by atoms with van der Waals surface area (Å²) in [6, 6.07) is 5.24. The summed E-state index contributed by atoms with van der Waals surface area (Å²) in [5.74, 6) is -1.27. The predicted octanol–water partition coefficient (Wildman–Crippen LogP) is 3.64. The Balaban J connectivity index is 2.34. The van der Waals surface area contributed by atoms with Crippen molar-refractivity contribution in [3.63, 3.8) is 0 Å². The lowest BCUT2D eigenvalue weighted by Gasteiger charge is -2.17. The highest BCUT2D eigenvalue weighted by molar-refractivity contribution is 6.10. The van der Waals surface area contributed by atoms with Gasteiger partial charge in [-0.1, -0.05) is 12.1 Å². The molecule has 1 aliphatic rings. The molecule has 7 heteroatoms. The third kappa shape index (κ3) is 2.97. The highest BCUT2D eigenvalue weighted by Crippen LogP contribution is 2.47. The van der Waals surface area contributed by atoms with Gasteiger partial charge in [-0.25, -0.2) is 4.79 Å². The average Bonchev–Trinajstić information content (AvgIpc) is 2.73. The third-order valence-electron chi connectivity index (χ3n) is 3.99. The molecular weight excluding hydrogens is 337 g/mol. The molecule has 3 rings (SSSR count). The van der Waals surface area contributed by atoms with E-state index in [-0.39, 0.29) is 11.0 Å². The van der Waals surface area contributed by atoms with Crippen molar-refractivity contribution in [3.8, 4) is 5.75 Å². The molecule has 2 aromatic rings. The Morgan fingerprint density at radius 2 is 1.92 bits per heavy atom. The molecule has 0 bridgehead atoms. The number of carbonyl (C=O) groups is 1. The molecular formula is C18H13F3O4. The molecule has 4 nitrogen and oxygen atoms in total. The van der Waals surface area contributed by atoms with Gasteiger partial charge in [0.05, 0.1) is 7.11 Å². The van der Waals surface area contributed by atoms with E-state index in [2.05, 4.69) is 4.74 Å². The largest absolute Gasteiger partial charge is 0.481 e. The highest BCUT2D eigenvalue weighted by atomic mass is 19.4. The summed E-state index contributed by atoms with van der Waals surface area (Å²) in [7, 11) is 1.12. The average molecular weight is 350 g/mol. The second-order valence-corrected chi connectivity index (χ2v) is 5.61. The SMILES string of the molecule is COC(=O)COc1cc2ccc(=O)cc3c2c(c1C(F)(F)F)C=C3C. The van der Waals surface area contributed by atoms with Crippen LogP contribution in [0.2, 0.25) is 0 Å². The zero-order chi connectivity index (χ0) is 18.4. The molecule has 0 N–H and O–H groups in total. The smallest absolute Gasteiger partial charge is 0.420 e. The van der Waals surface area contributed by atoms with Gasteiger partial charge < -0.3 is 9.47 Å². The van der Waals surface area contributed by atoms with Crippen LogP contribution in [0.15, 0.2) is 29.1 Å². The van der Waals surface area contributed by atoms with Crippen molar-refractivity contribution in [2.24, 2.45) is 0 Å². The Morgan fingerprint density at radius 1 is 1.20 bits per heavy atom. The van der Waals surface area contributed by atoms with Gasteiger partial charge in [-0.2, -0.15) is 13.2 Å². The molecule has 0 heterocycles. The van der Waals surface area contributed by atoms with Crippen molar-refractivity contribution in [1.29, 1.82) is 0 Å². The standard InChI is InChI=1S/C18H13F3O4/c1-9-5-13-16-10(3-4-11(22)7-12(9)16)6-14(17(13)18(19,20)21)25-8-15(23)24-2/h3-7H,8H2,1-2H3. The van der Waals surface area contributed by atoms with Crippen molar-refractivity contribution < 1.29 is 27.4 Å². The molecule has 0 amide bonds. The minimum absolute atomic E-state index is 0.0621. The molecule has 0 saturated carbocycles. The molecule has 0 atom stereocenters. The first-order chi connectivity index (χ1) is 11.7. The minimum atomic E-state index is -4.69. The fraction of sp³-hybridized carbons (Fsp3) is 0.222. The summed E-state index contributed by atoms with van der Waals surface area (Å²) in [6.45, 7) is 0.995. The van der Waals surface area contributed by atoms with Crippen LogP contribution in [0.1, 0.15) is 23.6 Å². The lowest BCUT2D eigenvalue weighted by Crippen LogP contribution is -2.16. The number of halogens is 3. The van der Waals surface area contributed by atoms with Crippen LogP contribution in [0.5, 0.6) is 5.75 Å². The first-order valence-electron chi connectivity index (χ1n) is 7.33. The van der Waals surface area contributed by atoms with E-state index < -0.39 is 30.1 Å². The normalized spacial score (nSPS) is 12.9. The van der Waals surface area contributed by atoms with E-state index >= 15 is 0 Å². The molecule has 0 saturated heterocycles. The number of alkyl halides is 3. The van der Waals surface area contributed by atoms with Crippen LogP contribution in [0.25, 0.3) is 22.4 Å². The van der Waals surface area contributed by atoms with Gasteiger partial charge >= 0.3 is 12.1 Å². The fourth-order valence-corrected chi connectivity index (χ4v) is 2.92. The third-order valence-corrected chi connectivity index (χ3v) is 3.99. The van der Waals surface area contributed by atoms with Gasteiger partial charge in [-0.05, 0) is 52.6 Å². The van der Waals surface area contributed by atoms with Crippen molar-refractivity contribution in [1.82, 2.24) is 0 Å². The van der Waals surface area contributed by atoms with Crippen molar-refractivity contribution >= 4 is 28.4 Å². The predicted molar refractivity (Wildman–Crippen MR) is 86.3 cm³/mol. The Kier molecular flexibility index (Phi) is 4.02. The maximum absolute atomic E-state index is 13.7. The monoisotopic (exact) mass is 350 g/mol. The molecule has 0 spiro atoms. The van der Waals surface area contributed by atoms with Crippen LogP contribution in [0.3, 0.4) is 0 Å². The van der Waals surface area contributed by atoms with Crippen LogP contribution in [0, 0.1) is 0 Å². The van der Waals surface area contributed by atoms with Gasteiger partial charge in [0.25, 0.3) is 0 Å². The summed E-state index contributed by atoms with van der Waals surface area (Å²) in [6.07, 6.45) is -3.31. The lowest BCUT2D eigenvalue weighted by atomic mass is 10.00. The first-order valence-corrected chi connectivity index (χ1v) is 7.33. The van der Waals surface area contributed by atoms with Crippen LogP contribution in [-0.2, 0) is 15.7 Å². The molecule has 1 aliphatic carbocycles. The number of carbonyl (C=O) groups excluding carboxylic acids is 1. The van der Waals surface area contributed by atoms with Gasteiger partial charge in [0.2, 0.25) is 0 Å². The Labute approximate surface area is 140 Å². The number of hydrogen-bond acceptors (Lipinski definition) is 4. The fourth-order valence-electron chi connectivity index (χ4n) is 2.92. The zero-order valence-electron chi connectivity index (χ0n) is 13.4. The molecule has 0 radical (unpaired) electrons. The second kappa shape index (κ2) is 5.91. The van der Waals surface area contributed by atoms with E-state index in [4.69, 9.17) is 4.74 Å². The highest BCUT2D eigenvalue weighted by Gasteiger charge is 2.39. The molecule has 0 aliphatic heterocycles. The number of allylic oxidation sites excluding steroid dienone is 1. The summed E-state index contributed by atoms with van der Waals surface area (Å²) in [5.41, 5.74) is -0.319. The van der Waals surface area contributed by atoms with Crippen LogP contribution in [-0.4, -0.2) is 19.7 Å². The zero-order valence-corrected chi connectivity index (χ0v) is 13.4. The van der Waals surface area contributed by atoms with Crippen molar-refractivity contribution in [3.05, 3.63) is 51.2 Å². The molecule has 130 valence electrons. The summed E-state index contributed by atoms with van der Waals surface area (Å²) < 4.78 is 50.5. The molecule has 2 aromatic carbocycles. The van der Waals surface area contributed by atoms with Gasteiger partial charge in [-0.15, -0.1) is 0 Å². The Morgan fingerprint density at radius 3 is 2.56 bits per heavy atom. The van der Waals surface area contributed by atoms with Gasteiger partial charge in [0, 0.05) is 0 Å². The van der Waals surface area contributed by atoms with Crippen LogP contribution in [0.4, 0.5) is 13.2 Å². The maximum atomic E-state index is 13.7. The number of methoxy groups -OCH3 is 1. The van der Waals surface area contributed by atoms with E-state index in [1.807, 2.05) is 0 Å². The Hall–Kier alpha value is -2.83. The summed E-state index contributed by atoms with van der Waals surface area (Å²) >= 11 is 0. The van der Waals surface area contributed by atoms with Gasteiger partial charge in [0.1, 0.15) is 11.3 Å². The number of rotatable bonds is 3. The molecule has 0 unspecified atom stereocenters. The van der Waals surface area contributed by atoms with Crippen molar-refractivity contribution in [2.45, 2.75) is 13.1 Å². The summed E-state index contributed by atoms with van der Waals surface area (Å²) in [4.78, 5) is 23.0. The quantitative estimate of drug-likeness (QED) is 0.793. The van der Waals surface area contributed by atoms with E-state index in [1.165, 1.54) is 30.3 Å². The number of benzene rings is 1. The van der Waals surface area contributed by atoms with E-state index in [1.54, 1.807) is 6.92 Å². The van der Waals surface area contributed by atoms with Gasteiger partial charge in [-0.3, -0.25) is 4.79 Å². The Bertz CT molecular complexity index is 975. The maximum Gasteiger partial charge on any atom is 0.420 e. The first kappa shape index (κ1) is 17.0. The van der Waals surface area contributed by atoms with Crippen LogP contribution >= 0.6 is 0 Å². The second-order valence-electron chi connectivity index (χ2n) is 5.61. The van der Waals surface area contributed by atoms with Crippen molar-refractivity contribution in [2.75, 3.05) is 13.7 Å². The van der Waals surface area contributed by atoms with E-state index in [0.717, 1.165) is 7.11 Å². The summed E-state index contributed by atoms with van der Waals surface area (Å²) in [5, 5.41) is 0.769. The molecule has 0 aromatic heterocycles. The number of ether oxygens (including phenoxy) is 2. The lowest BCUT2D eigenvalue weighted by molar-refractivity contribution is -0.145. The van der Waals surface area contributed by atoms with Gasteiger partial charge in [0.15, 0.2) is 12.0 Å². The topological polar surface area (TPSA) is 52.6 Å². The molecule has 0 fully saturated rings. The van der Waals surface area contributed by atoms with Crippen LogP contribution < -0.4 is 10.2 Å². The number of esters is 1. The molecule has 25 heavy (non-hydrogen) atoms. The minimum Gasteiger partial charge on any atom is -0.481 e. The van der Waals surface area contributed by atoms with E-state index in [9.17, 15) is 22.8 Å². The number of hydrogen-bond donors (Lipinski definition) is 0. The van der Waals surface area contributed by atoms with E-state index in [0.29, 0.717) is 21.9 Å².